The van der Waals surface area contributed by atoms with Gasteiger partial charge < -0.3 is 10.1 Å². The van der Waals surface area contributed by atoms with E-state index in [4.69, 9.17) is 39.5 Å². The van der Waals surface area contributed by atoms with Gasteiger partial charge in [-0.05, 0) is 69.5 Å². The summed E-state index contributed by atoms with van der Waals surface area (Å²) in [5.41, 5.74) is 2.44. The Morgan fingerprint density at radius 2 is 1.61 bits per heavy atom. The molecule has 0 aliphatic rings. The zero-order valence-corrected chi connectivity index (χ0v) is 20.9. The molecule has 4 aromatic rings. The van der Waals surface area contributed by atoms with Gasteiger partial charge >= 0.3 is 0 Å². The second-order valence-electron chi connectivity index (χ2n) is 7.16. The highest BCUT2D eigenvalue weighted by Crippen LogP contribution is 2.28. The molecule has 33 heavy (non-hydrogen) atoms. The molecule has 5 nitrogen and oxygen atoms in total. The molecular formula is C24H17BrCl3N3O2. The summed E-state index contributed by atoms with van der Waals surface area (Å²) in [7, 11) is 0. The first-order chi connectivity index (χ1) is 15.9. The maximum absolute atomic E-state index is 12.7. The van der Waals surface area contributed by atoms with Crippen molar-refractivity contribution >= 4 is 62.5 Å². The maximum atomic E-state index is 12.7. The second kappa shape index (κ2) is 10.6. The lowest BCUT2D eigenvalue weighted by atomic mass is 10.1. The van der Waals surface area contributed by atoms with E-state index in [0.717, 1.165) is 11.1 Å². The lowest BCUT2D eigenvalue weighted by molar-refractivity contribution is 0.102. The van der Waals surface area contributed by atoms with E-state index < -0.39 is 0 Å². The Kier molecular flexibility index (Phi) is 7.60. The van der Waals surface area contributed by atoms with Gasteiger partial charge in [0.05, 0.1) is 16.0 Å². The van der Waals surface area contributed by atoms with Crippen LogP contribution in [-0.2, 0) is 13.2 Å². The molecule has 0 aliphatic carbocycles. The van der Waals surface area contributed by atoms with Gasteiger partial charge in [0.2, 0.25) is 0 Å². The number of aromatic nitrogens is 2. The Balaban J connectivity index is 1.36. The van der Waals surface area contributed by atoms with Crippen molar-refractivity contribution < 1.29 is 9.53 Å². The molecule has 4 rings (SSSR count). The fourth-order valence-electron chi connectivity index (χ4n) is 3.03. The van der Waals surface area contributed by atoms with Crippen LogP contribution in [0.25, 0.3) is 0 Å². The lowest BCUT2D eigenvalue weighted by Crippen LogP contribution is -2.13. The number of hydrogen-bond donors (Lipinski definition) is 1. The number of anilines is 1. The summed E-state index contributed by atoms with van der Waals surface area (Å²) in [4.78, 5) is 12.7. The van der Waals surface area contributed by atoms with Gasteiger partial charge in [-0.15, -0.1) is 0 Å². The average Bonchev–Trinajstić information content (AvgIpc) is 3.13. The van der Waals surface area contributed by atoms with E-state index in [1.165, 1.54) is 0 Å². The summed E-state index contributed by atoms with van der Waals surface area (Å²) >= 11 is 21.4. The van der Waals surface area contributed by atoms with E-state index in [1.54, 1.807) is 35.0 Å². The van der Waals surface area contributed by atoms with Gasteiger partial charge in [0, 0.05) is 21.8 Å². The van der Waals surface area contributed by atoms with E-state index in [-0.39, 0.29) is 5.91 Å². The number of nitrogens with zero attached hydrogens (tertiary/aromatic N) is 2. The number of hydrogen-bond acceptors (Lipinski definition) is 3. The third-order valence-electron chi connectivity index (χ3n) is 4.71. The van der Waals surface area contributed by atoms with Crippen LogP contribution in [0.15, 0.2) is 77.4 Å². The molecule has 3 aromatic carbocycles. The van der Waals surface area contributed by atoms with Crippen LogP contribution in [-0.4, -0.2) is 15.7 Å². The number of benzene rings is 3. The van der Waals surface area contributed by atoms with Crippen molar-refractivity contribution in [3.05, 3.63) is 109 Å². The van der Waals surface area contributed by atoms with Gasteiger partial charge in [-0.1, -0.05) is 59.1 Å². The monoisotopic (exact) mass is 563 g/mol. The van der Waals surface area contributed by atoms with Crippen LogP contribution in [0.5, 0.6) is 5.75 Å². The van der Waals surface area contributed by atoms with Crippen LogP contribution in [0.4, 0.5) is 5.82 Å². The largest absolute Gasteiger partial charge is 0.487 e. The summed E-state index contributed by atoms with van der Waals surface area (Å²) in [5, 5.41) is 8.95. The van der Waals surface area contributed by atoms with Crippen molar-refractivity contribution in [2.75, 3.05) is 5.32 Å². The molecule has 0 radical (unpaired) electrons. The molecule has 0 fully saturated rings. The van der Waals surface area contributed by atoms with Crippen molar-refractivity contribution in [2.45, 2.75) is 13.2 Å². The standard InChI is InChI=1S/C24H17BrCl3N3O2/c25-20-13-31(12-15-3-7-18(26)8-4-15)30-23(20)29-24(32)17-5-1-16(2-6-17)14-33-22-10-9-19(27)11-21(22)28/h1-11,13H,12,14H2,(H,29,30,32). The van der Waals surface area contributed by atoms with E-state index in [9.17, 15) is 4.79 Å². The minimum absolute atomic E-state index is 0.263. The summed E-state index contributed by atoms with van der Waals surface area (Å²) < 4.78 is 8.16. The minimum atomic E-state index is -0.263. The molecule has 0 unspecified atom stereocenters. The molecule has 168 valence electrons. The Morgan fingerprint density at radius 3 is 2.30 bits per heavy atom. The molecule has 1 amide bonds. The number of halogens is 4. The first-order valence-electron chi connectivity index (χ1n) is 9.83. The first kappa shape index (κ1) is 23.6. The number of nitrogens with one attached hydrogen (secondary N) is 1. The predicted molar refractivity (Wildman–Crippen MR) is 136 cm³/mol. The smallest absolute Gasteiger partial charge is 0.256 e. The quantitative estimate of drug-likeness (QED) is 0.253. The highest BCUT2D eigenvalue weighted by molar-refractivity contribution is 9.10. The number of amides is 1. The Morgan fingerprint density at radius 1 is 0.939 bits per heavy atom. The van der Waals surface area contributed by atoms with Gasteiger partial charge in [0.15, 0.2) is 5.82 Å². The number of ether oxygens (including phenoxy) is 1. The summed E-state index contributed by atoms with van der Waals surface area (Å²) in [6, 6.07) is 19.7. The topological polar surface area (TPSA) is 56.2 Å². The lowest BCUT2D eigenvalue weighted by Gasteiger charge is -2.09. The van der Waals surface area contributed by atoms with Crippen LogP contribution in [0.1, 0.15) is 21.5 Å². The number of carbonyl (C=O) groups is 1. The van der Waals surface area contributed by atoms with E-state index in [0.29, 0.717) is 49.8 Å². The van der Waals surface area contributed by atoms with Crippen molar-refractivity contribution in [3.63, 3.8) is 0 Å². The highest BCUT2D eigenvalue weighted by atomic mass is 79.9. The third-order valence-corrected chi connectivity index (χ3v) is 6.07. The molecule has 1 heterocycles. The number of carbonyl (C=O) groups excluding carboxylic acids is 1. The zero-order chi connectivity index (χ0) is 23.4. The van der Waals surface area contributed by atoms with E-state index >= 15 is 0 Å². The summed E-state index contributed by atoms with van der Waals surface area (Å²) in [5.74, 6) is 0.723. The van der Waals surface area contributed by atoms with Gasteiger partial charge in [-0.25, -0.2) is 0 Å². The van der Waals surface area contributed by atoms with Crippen molar-refractivity contribution in [1.29, 1.82) is 0 Å². The molecule has 1 N–H and O–H groups in total. The molecule has 0 bridgehead atoms. The van der Waals surface area contributed by atoms with Crippen LogP contribution < -0.4 is 10.1 Å². The maximum Gasteiger partial charge on any atom is 0.256 e. The zero-order valence-electron chi connectivity index (χ0n) is 17.1. The number of rotatable bonds is 7. The first-order valence-corrected chi connectivity index (χ1v) is 11.8. The van der Waals surface area contributed by atoms with Gasteiger partial charge in [0.25, 0.3) is 5.91 Å². The fraction of sp³-hybridized carbons (Fsp3) is 0.0833. The van der Waals surface area contributed by atoms with Crippen LogP contribution in [0, 0.1) is 0 Å². The molecular weight excluding hydrogens is 549 g/mol. The summed E-state index contributed by atoms with van der Waals surface area (Å²) in [6.45, 7) is 0.863. The normalized spacial score (nSPS) is 10.8. The molecule has 9 heteroatoms. The van der Waals surface area contributed by atoms with Crippen LogP contribution >= 0.6 is 50.7 Å². The van der Waals surface area contributed by atoms with Crippen LogP contribution in [0.3, 0.4) is 0 Å². The Labute approximate surface area is 214 Å². The van der Waals surface area contributed by atoms with E-state index in [2.05, 4.69) is 26.3 Å². The molecule has 0 spiro atoms. The molecule has 0 saturated heterocycles. The van der Waals surface area contributed by atoms with Gasteiger partial charge in [0.1, 0.15) is 12.4 Å². The average molecular weight is 566 g/mol. The van der Waals surface area contributed by atoms with Crippen molar-refractivity contribution in [3.8, 4) is 5.75 Å². The fourth-order valence-corrected chi connectivity index (χ4v) is 4.03. The van der Waals surface area contributed by atoms with Crippen LogP contribution in [0.2, 0.25) is 15.1 Å². The van der Waals surface area contributed by atoms with Crippen molar-refractivity contribution in [1.82, 2.24) is 9.78 Å². The van der Waals surface area contributed by atoms with Gasteiger partial charge in [-0.2, -0.15) is 5.10 Å². The molecule has 0 aliphatic heterocycles. The predicted octanol–water partition coefficient (Wildman–Crippen LogP) is 7.49. The molecule has 1 aromatic heterocycles. The highest BCUT2D eigenvalue weighted by Gasteiger charge is 2.13. The molecule has 0 atom stereocenters. The third kappa shape index (κ3) is 6.30. The minimum Gasteiger partial charge on any atom is -0.487 e. The SMILES string of the molecule is O=C(Nc1nn(Cc2ccc(Cl)cc2)cc1Br)c1ccc(COc2ccc(Cl)cc2Cl)cc1. The Hall–Kier alpha value is -2.51. The van der Waals surface area contributed by atoms with Gasteiger partial charge in [-0.3, -0.25) is 9.48 Å². The van der Waals surface area contributed by atoms with Crippen molar-refractivity contribution in [2.24, 2.45) is 0 Å². The summed E-state index contributed by atoms with van der Waals surface area (Å²) in [6.07, 6.45) is 1.81. The molecule has 0 saturated carbocycles. The second-order valence-corrected chi connectivity index (χ2v) is 9.30. The van der Waals surface area contributed by atoms with E-state index in [1.807, 2.05) is 42.6 Å². The Bertz CT molecular complexity index is 1280.